The van der Waals surface area contributed by atoms with Crippen LogP contribution < -0.4 is 5.73 Å². The van der Waals surface area contributed by atoms with Crippen LogP contribution in [0.2, 0.25) is 0 Å². The number of likely N-dealkylation sites (N-methyl/N-ethyl adjacent to an activating group) is 1. The van der Waals surface area contributed by atoms with Gasteiger partial charge in [0, 0.05) is 12.6 Å². The van der Waals surface area contributed by atoms with Crippen molar-refractivity contribution in [3.8, 4) is 0 Å². The van der Waals surface area contributed by atoms with E-state index in [4.69, 9.17) is 10.3 Å². The quantitative estimate of drug-likeness (QED) is 0.784. The van der Waals surface area contributed by atoms with Crippen molar-refractivity contribution < 1.29 is 14.4 Å². The zero-order valence-corrected chi connectivity index (χ0v) is 12.6. The SMILES string of the molecule is CCCc1noc(CN(C)[C@@H](C(=O)O)c2ccc(N)nc2)n1. The van der Waals surface area contributed by atoms with E-state index in [1.807, 2.05) is 6.92 Å². The summed E-state index contributed by atoms with van der Waals surface area (Å²) in [5.41, 5.74) is 6.07. The molecule has 0 saturated carbocycles. The molecular formula is C14H19N5O3. The predicted molar refractivity (Wildman–Crippen MR) is 78.8 cm³/mol. The van der Waals surface area contributed by atoms with E-state index in [0.717, 1.165) is 12.8 Å². The largest absolute Gasteiger partial charge is 0.480 e. The molecule has 2 rings (SSSR count). The molecule has 0 spiro atoms. The van der Waals surface area contributed by atoms with Crippen molar-refractivity contribution in [2.75, 3.05) is 12.8 Å². The van der Waals surface area contributed by atoms with Crippen LogP contribution in [0.5, 0.6) is 0 Å². The van der Waals surface area contributed by atoms with Gasteiger partial charge in [0.05, 0.1) is 6.54 Å². The molecule has 0 saturated heterocycles. The normalized spacial score (nSPS) is 12.5. The molecule has 0 bridgehead atoms. The number of hydrogen-bond acceptors (Lipinski definition) is 7. The molecule has 3 N–H and O–H groups in total. The smallest absolute Gasteiger partial charge is 0.325 e. The Hall–Kier alpha value is -2.48. The summed E-state index contributed by atoms with van der Waals surface area (Å²) in [7, 11) is 1.68. The number of aromatic nitrogens is 3. The first-order valence-electron chi connectivity index (χ1n) is 6.97. The van der Waals surface area contributed by atoms with E-state index in [1.54, 1.807) is 24.1 Å². The summed E-state index contributed by atoms with van der Waals surface area (Å²) in [6.45, 7) is 2.26. The summed E-state index contributed by atoms with van der Waals surface area (Å²) < 4.78 is 5.14. The molecule has 0 unspecified atom stereocenters. The summed E-state index contributed by atoms with van der Waals surface area (Å²) in [4.78, 5) is 21.3. The molecule has 2 heterocycles. The molecule has 22 heavy (non-hydrogen) atoms. The summed E-state index contributed by atoms with van der Waals surface area (Å²) in [5.74, 6) is 0.381. The van der Waals surface area contributed by atoms with Crippen LogP contribution in [0.15, 0.2) is 22.9 Å². The Morgan fingerprint density at radius 1 is 1.50 bits per heavy atom. The average Bonchev–Trinajstić information content (AvgIpc) is 2.88. The first-order chi connectivity index (χ1) is 10.5. The van der Waals surface area contributed by atoms with E-state index in [9.17, 15) is 9.90 Å². The standard InChI is InChI=1S/C14H19N5O3/c1-3-4-11-17-12(22-18-11)8-19(2)13(14(20)21)9-5-6-10(15)16-7-9/h5-7,13H,3-4,8H2,1-2H3,(H2,15,16)(H,20,21)/t13-/m1/s1. The number of carboxylic acids is 1. The zero-order chi connectivity index (χ0) is 16.1. The Kier molecular flexibility index (Phi) is 5.05. The van der Waals surface area contributed by atoms with Gasteiger partial charge in [-0.2, -0.15) is 4.98 Å². The summed E-state index contributed by atoms with van der Waals surface area (Å²) in [6.07, 6.45) is 3.11. The Bertz CT molecular complexity index is 626. The van der Waals surface area contributed by atoms with Gasteiger partial charge < -0.3 is 15.4 Å². The lowest BCUT2D eigenvalue weighted by Crippen LogP contribution is -2.30. The molecule has 0 aliphatic heterocycles. The van der Waals surface area contributed by atoms with Crippen molar-refractivity contribution in [2.45, 2.75) is 32.4 Å². The van der Waals surface area contributed by atoms with Crippen molar-refractivity contribution in [2.24, 2.45) is 0 Å². The van der Waals surface area contributed by atoms with Gasteiger partial charge in [-0.05, 0) is 25.1 Å². The predicted octanol–water partition coefficient (Wildman–Crippen LogP) is 1.26. The van der Waals surface area contributed by atoms with Crippen molar-refractivity contribution in [1.82, 2.24) is 20.0 Å². The van der Waals surface area contributed by atoms with Gasteiger partial charge in [0.15, 0.2) is 5.82 Å². The molecular weight excluding hydrogens is 286 g/mol. The van der Waals surface area contributed by atoms with E-state index in [0.29, 0.717) is 23.1 Å². The van der Waals surface area contributed by atoms with Crippen molar-refractivity contribution in [3.63, 3.8) is 0 Å². The molecule has 2 aromatic rings. The monoisotopic (exact) mass is 305 g/mol. The topological polar surface area (TPSA) is 118 Å². The highest BCUT2D eigenvalue weighted by atomic mass is 16.5. The Morgan fingerprint density at radius 3 is 2.86 bits per heavy atom. The number of nitrogens with two attached hydrogens (primary N) is 1. The van der Waals surface area contributed by atoms with Gasteiger partial charge in [0.2, 0.25) is 5.89 Å². The lowest BCUT2D eigenvalue weighted by molar-refractivity contribution is -0.143. The van der Waals surface area contributed by atoms with Gasteiger partial charge in [-0.3, -0.25) is 9.69 Å². The Balaban J connectivity index is 2.13. The number of nitrogen functional groups attached to an aromatic ring is 1. The number of carbonyl (C=O) groups is 1. The fourth-order valence-corrected chi connectivity index (χ4v) is 2.15. The number of carboxylic acid groups (broad SMARTS) is 1. The second kappa shape index (κ2) is 6.99. The minimum Gasteiger partial charge on any atom is -0.480 e. The molecule has 0 amide bonds. The molecule has 0 radical (unpaired) electrons. The maximum absolute atomic E-state index is 11.6. The van der Waals surface area contributed by atoms with Crippen LogP contribution in [0.1, 0.15) is 36.7 Å². The lowest BCUT2D eigenvalue weighted by atomic mass is 10.1. The fourth-order valence-electron chi connectivity index (χ4n) is 2.15. The van der Waals surface area contributed by atoms with Gasteiger partial charge in [0.1, 0.15) is 11.9 Å². The van der Waals surface area contributed by atoms with Crippen LogP contribution in [-0.2, 0) is 17.8 Å². The van der Waals surface area contributed by atoms with Gasteiger partial charge in [-0.25, -0.2) is 4.98 Å². The molecule has 0 fully saturated rings. The third-order valence-electron chi connectivity index (χ3n) is 3.17. The van der Waals surface area contributed by atoms with Crippen LogP contribution in [-0.4, -0.2) is 38.1 Å². The maximum atomic E-state index is 11.6. The lowest BCUT2D eigenvalue weighted by Gasteiger charge is -2.23. The van der Waals surface area contributed by atoms with Crippen molar-refractivity contribution >= 4 is 11.8 Å². The average molecular weight is 305 g/mol. The summed E-state index contributed by atoms with van der Waals surface area (Å²) in [5, 5.41) is 13.3. The van der Waals surface area contributed by atoms with Crippen LogP contribution in [0.4, 0.5) is 5.82 Å². The first kappa shape index (κ1) is 15.9. The number of nitrogens with zero attached hydrogens (tertiary/aromatic N) is 4. The van der Waals surface area contributed by atoms with E-state index in [1.165, 1.54) is 6.20 Å². The number of pyridine rings is 1. The second-order valence-electron chi connectivity index (χ2n) is 5.03. The van der Waals surface area contributed by atoms with Crippen molar-refractivity contribution in [1.29, 1.82) is 0 Å². The number of anilines is 1. The van der Waals surface area contributed by atoms with Gasteiger partial charge >= 0.3 is 5.97 Å². The highest BCUT2D eigenvalue weighted by Gasteiger charge is 2.26. The van der Waals surface area contributed by atoms with E-state index in [-0.39, 0.29) is 6.54 Å². The zero-order valence-electron chi connectivity index (χ0n) is 12.6. The minimum atomic E-state index is -0.984. The van der Waals surface area contributed by atoms with Crippen LogP contribution in [0.25, 0.3) is 0 Å². The second-order valence-corrected chi connectivity index (χ2v) is 5.03. The van der Waals surface area contributed by atoms with E-state index < -0.39 is 12.0 Å². The summed E-state index contributed by atoms with van der Waals surface area (Å²) >= 11 is 0. The van der Waals surface area contributed by atoms with Gasteiger partial charge in [-0.15, -0.1) is 0 Å². The molecule has 0 aliphatic rings. The third-order valence-corrected chi connectivity index (χ3v) is 3.17. The van der Waals surface area contributed by atoms with Crippen LogP contribution in [0, 0.1) is 0 Å². The minimum absolute atomic E-state index is 0.234. The molecule has 2 aromatic heterocycles. The number of rotatable bonds is 7. The maximum Gasteiger partial charge on any atom is 0.325 e. The van der Waals surface area contributed by atoms with Gasteiger partial charge in [-0.1, -0.05) is 18.1 Å². The molecule has 0 aliphatic carbocycles. The van der Waals surface area contributed by atoms with Gasteiger partial charge in [0.25, 0.3) is 0 Å². The number of hydrogen-bond donors (Lipinski definition) is 2. The molecule has 1 atom stereocenters. The number of aryl methyl sites for hydroxylation is 1. The van der Waals surface area contributed by atoms with E-state index in [2.05, 4.69) is 15.1 Å². The third kappa shape index (κ3) is 3.79. The molecule has 0 aromatic carbocycles. The molecule has 8 heteroatoms. The molecule has 8 nitrogen and oxygen atoms in total. The van der Waals surface area contributed by atoms with Crippen molar-refractivity contribution in [3.05, 3.63) is 35.6 Å². The summed E-state index contributed by atoms with van der Waals surface area (Å²) in [6, 6.07) is 2.36. The highest BCUT2D eigenvalue weighted by molar-refractivity contribution is 5.75. The first-order valence-corrected chi connectivity index (χ1v) is 6.97. The van der Waals surface area contributed by atoms with Crippen LogP contribution in [0.3, 0.4) is 0 Å². The Labute approximate surface area is 128 Å². The fraction of sp³-hybridized carbons (Fsp3) is 0.429. The van der Waals surface area contributed by atoms with E-state index >= 15 is 0 Å². The highest BCUT2D eigenvalue weighted by Crippen LogP contribution is 2.21. The number of aliphatic carboxylic acids is 1. The Morgan fingerprint density at radius 2 is 2.27 bits per heavy atom. The van der Waals surface area contributed by atoms with Crippen LogP contribution >= 0.6 is 0 Å². The molecule has 118 valence electrons.